The van der Waals surface area contributed by atoms with Gasteiger partial charge >= 0.3 is 0 Å². The number of aryl methyl sites for hydroxylation is 2. The lowest BCUT2D eigenvalue weighted by Gasteiger charge is -2.33. The second kappa shape index (κ2) is 9.15. The number of hydrogen-bond donors (Lipinski definition) is 1. The average Bonchev–Trinajstić information content (AvgIpc) is 3.07. The molecule has 1 amide bonds. The van der Waals surface area contributed by atoms with Crippen LogP contribution in [-0.4, -0.2) is 53.1 Å². The Kier molecular flexibility index (Phi) is 6.51. The fraction of sp³-hybridized carbons (Fsp3) is 0.375. The normalized spacial score (nSPS) is 18.1. The summed E-state index contributed by atoms with van der Waals surface area (Å²) in [5.41, 5.74) is 4.53. The summed E-state index contributed by atoms with van der Waals surface area (Å²) in [6.07, 6.45) is 1.78. The van der Waals surface area contributed by atoms with Gasteiger partial charge in [0.15, 0.2) is 5.66 Å². The van der Waals surface area contributed by atoms with E-state index in [4.69, 9.17) is 21.6 Å². The Balaban J connectivity index is 1.51. The topological polar surface area (TPSA) is 57.1 Å². The van der Waals surface area contributed by atoms with Crippen LogP contribution in [0.25, 0.3) is 0 Å². The van der Waals surface area contributed by atoms with Gasteiger partial charge in [0, 0.05) is 42.2 Å². The van der Waals surface area contributed by atoms with Gasteiger partial charge in [0.25, 0.3) is 0 Å². The summed E-state index contributed by atoms with van der Waals surface area (Å²) in [7, 11) is 2.13. The molecule has 0 aromatic heterocycles. The molecular weight excluding hydrogens is 428 g/mol. The molecule has 0 atom stereocenters. The number of thioether (sulfide) groups is 1. The largest absolute Gasteiger partial charge is 0.325 e. The van der Waals surface area contributed by atoms with Crippen LogP contribution in [0.3, 0.4) is 0 Å². The van der Waals surface area contributed by atoms with E-state index in [2.05, 4.69) is 23.3 Å². The van der Waals surface area contributed by atoms with Gasteiger partial charge in [-0.15, -0.1) is 0 Å². The van der Waals surface area contributed by atoms with Gasteiger partial charge in [0.05, 0.1) is 11.5 Å². The minimum Gasteiger partial charge on any atom is -0.325 e. The summed E-state index contributed by atoms with van der Waals surface area (Å²) in [5, 5.41) is 4.53. The molecule has 0 unspecified atom stereocenters. The summed E-state index contributed by atoms with van der Waals surface area (Å²) in [6, 6.07) is 13.7. The van der Waals surface area contributed by atoms with E-state index in [-0.39, 0.29) is 11.7 Å². The molecule has 5 nitrogen and oxygen atoms in total. The first-order chi connectivity index (χ1) is 14.8. The van der Waals surface area contributed by atoms with Gasteiger partial charge in [-0.1, -0.05) is 41.6 Å². The standard InChI is InChI=1S/C24H27ClN4OS/c1-16-12-17(2)14-20(13-16)26-21(30)15-31-23-22(18-4-6-19(25)7-5-18)27-24(28-23)8-10-29(3)11-9-24/h4-7,12-14H,8-11,15H2,1-3H3,(H,26,30). The first-order valence-corrected chi connectivity index (χ1v) is 11.8. The Bertz CT molecular complexity index is 1020. The Morgan fingerprint density at radius 1 is 1.10 bits per heavy atom. The van der Waals surface area contributed by atoms with Gasteiger partial charge in [-0.25, -0.2) is 4.99 Å². The van der Waals surface area contributed by atoms with Gasteiger partial charge in [-0.05, 0) is 56.3 Å². The van der Waals surface area contributed by atoms with E-state index in [0.29, 0.717) is 5.02 Å². The maximum Gasteiger partial charge on any atom is 0.234 e. The highest BCUT2D eigenvalue weighted by Crippen LogP contribution is 2.35. The van der Waals surface area contributed by atoms with Crippen LogP contribution in [0.15, 0.2) is 52.4 Å². The number of anilines is 1. The molecule has 0 saturated carbocycles. The molecule has 1 fully saturated rings. The monoisotopic (exact) mass is 454 g/mol. The fourth-order valence-electron chi connectivity index (χ4n) is 4.00. The van der Waals surface area contributed by atoms with E-state index in [1.807, 2.05) is 50.2 Å². The molecule has 0 aliphatic carbocycles. The molecule has 31 heavy (non-hydrogen) atoms. The van der Waals surface area contributed by atoms with Crippen molar-refractivity contribution >= 4 is 45.7 Å². The Hall–Kier alpha value is -2.15. The van der Waals surface area contributed by atoms with Crippen LogP contribution in [0, 0.1) is 13.8 Å². The van der Waals surface area contributed by atoms with Crippen LogP contribution in [-0.2, 0) is 4.79 Å². The predicted octanol–water partition coefficient (Wildman–Crippen LogP) is 4.95. The van der Waals surface area contributed by atoms with Gasteiger partial charge in [0.1, 0.15) is 5.04 Å². The van der Waals surface area contributed by atoms with E-state index >= 15 is 0 Å². The van der Waals surface area contributed by atoms with Crippen molar-refractivity contribution in [2.45, 2.75) is 32.4 Å². The molecule has 1 spiro atoms. The number of likely N-dealkylation sites (tertiary alicyclic amines) is 1. The number of benzene rings is 2. The van der Waals surface area contributed by atoms with Crippen LogP contribution in [0.2, 0.25) is 5.02 Å². The van der Waals surface area contributed by atoms with Crippen molar-refractivity contribution in [3.05, 3.63) is 64.2 Å². The van der Waals surface area contributed by atoms with Gasteiger partial charge < -0.3 is 10.2 Å². The molecule has 162 valence electrons. The highest BCUT2D eigenvalue weighted by molar-refractivity contribution is 8.16. The summed E-state index contributed by atoms with van der Waals surface area (Å²) in [5.74, 6) is 0.242. The summed E-state index contributed by atoms with van der Waals surface area (Å²) >= 11 is 7.54. The number of hydrogen-bond acceptors (Lipinski definition) is 5. The van der Waals surface area contributed by atoms with E-state index in [0.717, 1.165) is 59.1 Å². The van der Waals surface area contributed by atoms with E-state index < -0.39 is 5.66 Å². The van der Waals surface area contributed by atoms with Crippen molar-refractivity contribution in [1.29, 1.82) is 0 Å². The van der Waals surface area contributed by atoms with Gasteiger partial charge in [-0.3, -0.25) is 9.79 Å². The smallest absolute Gasteiger partial charge is 0.234 e. The second-order valence-corrected chi connectivity index (χ2v) is 9.78. The number of nitrogens with one attached hydrogen (secondary N) is 1. The van der Waals surface area contributed by atoms with E-state index in [1.54, 1.807) is 0 Å². The van der Waals surface area contributed by atoms with Crippen molar-refractivity contribution in [2.24, 2.45) is 9.98 Å². The van der Waals surface area contributed by atoms with Crippen LogP contribution in [0.5, 0.6) is 0 Å². The Labute approximate surface area is 193 Å². The molecule has 2 aliphatic rings. The molecule has 2 aromatic rings. The quantitative estimate of drug-likeness (QED) is 0.710. The summed E-state index contributed by atoms with van der Waals surface area (Å²) in [6.45, 7) is 5.99. The third kappa shape index (κ3) is 5.37. The lowest BCUT2D eigenvalue weighted by atomic mass is 9.99. The Morgan fingerprint density at radius 3 is 2.39 bits per heavy atom. The molecule has 1 N–H and O–H groups in total. The second-order valence-electron chi connectivity index (χ2n) is 8.38. The van der Waals surface area contributed by atoms with Gasteiger partial charge in [0.2, 0.25) is 5.91 Å². The van der Waals surface area contributed by atoms with Crippen molar-refractivity contribution in [3.63, 3.8) is 0 Å². The highest BCUT2D eigenvalue weighted by Gasteiger charge is 2.39. The molecule has 0 radical (unpaired) electrons. The van der Waals surface area contributed by atoms with Crippen LogP contribution in [0.4, 0.5) is 5.69 Å². The summed E-state index contributed by atoms with van der Waals surface area (Å²) < 4.78 is 0. The first kappa shape index (κ1) is 22.1. The number of carbonyl (C=O) groups is 1. The lowest BCUT2D eigenvalue weighted by molar-refractivity contribution is -0.113. The fourth-order valence-corrected chi connectivity index (χ4v) is 5.00. The minimum atomic E-state index is -0.409. The molecule has 2 heterocycles. The third-order valence-corrected chi connectivity index (χ3v) is 6.80. The third-order valence-electron chi connectivity index (χ3n) is 5.58. The molecular formula is C24H27ClN4OS. The zero-order chi connectivity index (χ0) is 22.0. The van der Waals surface area contributed by atoms with Crippen LogP contribution in [0.1, 0.15) is 29.5 Å². The van der Waals surface area contributed by atoms with Crippen molar-refractivity contribution in [2.75, 3.05) is 31.2 Å². The zero-order valence-electron chi connectivity index (χ0n) is 18.1. The predicted molar refractivity (Wildman–Crippen MR) is 132 cm³/mol. The number of nitrogens with zero attached hydrogens (tertiary/aromatic N) is 3. The maximum absolute atomic E-state index is 12.6. The molecule has 1 saturated heterocycles. The SMILES string of the molecule is Cc1cc(C)cc(NC(=O)CSC2=NC3(CCN(C)CC3)N=C2c2ccc(Cl)cc2)c1. The number of aliphatic imine (C=N–C) groups is 2. The number of rotatable bonds is 4. The van der Waals surface area contributed by atoms with E-state index in [9.17, 15) is 4.79 Å². The van der Waals surface area contributed by atoms with Crippen LogP contribution < -0.4 is 5.32 Å². The zero-order valence-corrected chi connectivity index (χ0v) is 19.7. The van der Waals surface area contributed by atoms with Crippen molar-refractivity contribution in [1.82, 2.24) is 4.90 Å². The summed E-state index contributed by atoms with van der Waals surface area (Å²) in [4.78, 5) is 25.1. The average molecular weight is 455 g/mol. The molecule has 7 heteroatoms. The Morgan fingerprint density at radius 2 is 1.74 bits per heavy atom. The minimum absolute atomic E-state index is 0.0440. The number of piperidine rings is 1. The number of amides is 1. The molecule has 2 aliphatic heterocycles. The maximum atomic E-state index is 12.6. The molecule has 2 aromatic carbocycles. The number of halogens is 1. The van der Waals surface area contributed by atoms with Gasteiger partial charge in [-0.2, -0.15) is 0 Å². The van der Waals surface area contributed by atoms with Crippen LogP contribution >= 0.6 is 23.4 Å². The lowest BCUT2D eigenvalue weighted by Crippen LogP contribution is -2.39. The number of carbonyl (C=O) groups excluding carboxylic acids is 1. The first-order valence-electron chi connectivity index (χ1n) is 10.5. The molecule has 0 bridgehead atoms. The van der Waals surface area contributed by atoms with Crippen molar-refractivity contribution < 1.29 is 4.79 Å². The van der Waals surface area contributed by atoms with Crippen molar-refractivity contribution in [3.8, 4) is 0 Å². The highest BCUT2D eigenvalue weighted by atomic mass is 35.5. The molecule has 4 rings (SSSR count). The van der Waals surface area contributed by atoms with E-state index in [1.165, 1.54) is 11.8 Å².